The Morgan fingerprint density at radius 1 is 1.58 bits per heavy atom. The van der Waals surface area contributed by atoms with Gasteiger partial charge in [-0.15, -0.1) is 0 Å². The summed E-state index contributed by atoms with van der Waals surface area (Å²) in [6, 6.07) is 0.970. The summed E-state index contributed by atoms with van der Waals surface area (Å²) in [5.74, 6) is -1.67. The Hall–Kier alpha value is -1.30. The molecule has 0 saturated carbocycles. The molecule has 0 saturated heterocycles. The molecule has 1 heterocycles. The second-order valence-corrected chi connectivity index (χ2v) is 4.24. The standard InChI is InChI=1S/C6H6O5S/c1-12(9,10)4-2-5(6(7)8)11-3-4/h2-3H,1H3,(H,7,8). The number of carbonyl (C=O) groups is 1. The normalized spacial score (nSPS) is 11.4. The third-order valence-electron chi connectivity index (χ3n) is 1.21. The van der Waals surface area contributed by atoms with E-state index >= 15 is 0 Å². The van der Waals surface area contributed by atoms with Gasteiger partial charge in [0.1, 0.15) is 11.2 Å². The minimum Gasteiger partial charge on any atom is -0.475 e. The summed E-state index contributed by atoms with van der Waals surface area (Å²) in [6.07, 6.45) is 1.88. The van der Waals surface area contributed by atoms with Crippen LogP contribution in [-0.4, -0.2) is 25.7 Å². The quantitative estimate of drug-likeness (QED) is 0.728. The van der Waals surface area contributed by atoms with Crippen LogP contribution in [0.15, 0.2) is 21.6 Å². The Morgan fingerprint density at radius 2 is 2.17 bits per heavy atom. The average molecular weight is 190 g/mol. The molecule has 0 unspecified atom stereocenters. The van der Waals surface area contributed by atoms with Crippen molar-refractivity contribution < 1.29 is 22.7 Å². The predicted molar refractivity (Wildman–Crippen MR) is 38.8 cm³/mol. The fourth-order valence-electron chi connectivity index (χ4n) is 0.625. The first-order valence-corrected chi connectivity index (χ1v) is 4.82. The zero-order valence-electron chi connectivity index (χ0n) is 6.14. The van der Waals surface area contributed by atoms with Gasteiger partial charge in [-0.1, -0.05) is 0 Å². The number of aromatic carboxylic acids is 1. The topological polar surface area (TPSA) is 84.6 Å². The van der Waals surface area contributed by atoms with Gasteiger partial charge in [0.2, 0.25) is 5.76 Å². The van der Waals surface area contributed by atoms with Gasteiger partial charge >= 0.3 is 5.97 Å². The molecule has 0 aliphatic carbocycles. The van der Waals surface area contributed by atoms with E-state index in [-0.39, 0.29) is 10.7 Å². The van der Waals surface area contributed by atoms with E-state index in [9.17, 15) is 13.2 Å². The molecule has 5 nitrogen and oxygen atoms in total. The highest BCUT2D eigenvalue weighted by molar-refractivity contribution is 7.90. The Balaban J connectivity index is 3.17. The maximum Gasteiger partial charge on any atom is 0.371 e. The molecule has 1 N–H and O–H groups in total. The monoisotopic (exact) mass is 190 g/mol. The van der Waals surface area contributed by atoms with Crippen LogP contribution in [0.2, 0.25) is 0 Å². The Morgan fingerprint density at radius 3 is 2.42 bits per heavy atom. The zero-order valence-corrected chi connectivity index (χ0v) is 6.96. The minimum absolute atomic E-state index is 0.125. The lowest BCUT2D eigenvalue weighted by Crippen LogP contribution is -1.95. The van der Waals surface area contributed by atoms with Crippen molar-refractivity contribution in [3.05, 3.63) is 18.1 Å². The van der Waals surface area contributed by atoms with Crippen LogP contribution in [-0.2, 0) is 9.84 Å². The maximum absolute atomic E-state index is 10.8. The SMILES string of the molecule is CS(=O)(=O)c1coc(C(=O)O)c1. The predicted octanol–water partition coefficient (Wildman–Crippen LogP) is 0.381. The lowest BCUT2D eigenvalue weighted by atomic mass is 10.5. The highest BCUT2D eigenvalue weighted by atomic mass is 32.2. The third-order valence-corrected chi connectivity index (χ3v) is 2.28. The Labute approximate surface area is 68.5 Å². The lowest BCUT2D eigenvalue weighted by molar-refractivity contribution is 0.0662. The van der Waals surface area contributed by atoms with Gasteiger partial charge < -0.3 is 9.52 Å². The average Bonchev–Trinajstić information content (AvgIpc) is 2.30. The zero-order chi connectivity index (χ0) is 9.35. The second-order valence-electron chi connectivity index (χ2n) is 2.22. The summed E-state index contributed by atoms with van der Waals surface area (Å²) in [6.45, 7) is 0. The molecule has 0 amide bonds. The summed E-state index contributed by atoms with van der Waals surface area (Å²) >= 11 is 0. The van der Waals surface area contributed by atoms with Gasteiger partial charge in [-0.25, -0.2) is 13.2 Å². The number of carboxylic acid groups (broad SMARTS) is 1. The molecule has 0 bridgehead atoms. The lowest BCUT2D eigenvalue weighted by Gasteiger charge is -1.85. The van der Waals surface area contributed by atoms with Crippen LogP contribution in [0.1, 0.15) is 10.6 Å². The maximum atomic E-state index is 10.8. The molecular formula is C6H6O5S. The van der Waals surface area contributed by atoms with Gasteiger partial charge in [-0.05, 0) is 0 Å². The molecule has 0 atom stereocenters. The number of hydrogen-bond acceptors (Lipinski definition) is 4. The molecule has 6 heteroatoms. The highest BCUT2D eigenvalue weighted by Gasteiger charge is 2.14. The molecule has 12 heavy (non-hydrogen) atoms. The van der Waals surface area contributed by atoms with E-state index in [1.165, 1.54) is 0 Å². The van der Waals surface area contributed by atoms with E-state index in [0.717, 1.165) is 18.6 Å². The molecule has 0 aliphatic heterocycles. The number of hydrogen-bond donors (Lipinski definition) is 1. The summed E-state index contributed by atoms with van der Waals surface area (Å²) < 4.78 is 26.1. The molecule has 1 aromatic rings. The van der Waals surface area contributed by atoms with Crippen LogP contribution >= 0.6 is 0 Å². The Kier molecular flexibility index (Phi) is 1.93. The van der Waals surface area contributed by atoms with Crippen molar-refractivity contribution in [1.29, 1.82) is 0 Å². The summed E-state index contributed by atoms with van der Waals surface area (Å²) in [7, 11) is -3.37. The molecule has 66 valence electrons. The Bertz CT molecular complexity index is 399. The van der Waals surface area contributed by atoms with Crippen LogP contribution in [0.3, 0.4) is 0 Å². The van der Waals surface area contributed by atoms with Crippen LogP contribution in [0.4, 0.5) is 0 Å². The molecule has 0 spiro atoms. The van der Waals surface area contributed by atoms with Crippen LogP contribution in [0, 0.1) is 0 Å². The van der Waals surface area contributed by atoms with Crippen molar-refractivity contribution in [2.75, 3.05) is 6.26 Å². The fraction of sp³-hybridized carbons (Fsp3) is 0.167. The molecule has 0 fully saturated rings. The first-order valence-electron chi connectivity index (χ1n) is 2.93. The smallest absolute Gasteiger partial charge is 0.371 e. The van der Waals surface area contributed by atoms with Crippen molar-refractivity contribution in [3.63, 3.8) is 0 Å². The number of sulfone groups is 1. The summed E-state index contributed by atoms with van der Waals surface area (Å²) in [4.78, 5) is 10.1. The first-order chi connectivity index (χ1) is 5.41. The number of carboxylic acids is 1. The van der Waals surface area contributed by atoms with E-state index < -0.39 is 15.8 Å². The van der Waals surface area contributed by atoms with Gasteiger partial charge in [0.25, 0.3) is 0 Å². The first kappa shape index (κ1) is 8.79. The van der Waals surface area contributed by atoms with Crippen molar-refractivity contribution in [2.24, 2.45) is 0 Å². The van der Waals surface area contributed by atoms with Crippen LogP contribution in [0.25, 0.3) is 0 Å². The second kappa shape index (κ2) is 2.63. The highest BCUT2D eigenvalue weighted by Crippen LogP contribution is 2.12. The van der Waals surface area contributed by atoms with Crippen molar-refractivity contribution in [1.82, 2.24) is 0 Å². The van der Waals surface area contributed by atoms with E-state index in [1.807, 2.05) is 0 Å². The molecule has 1 rings (SSSR count). The molecule has 0 aromatic carbocycles. The van der Waals surface area contributed by atoms with E-state index in [4.69, 9.17) is 5.11 Å². The van der Waals surface area contributed by atoms with Gasteiger partial charge in [0, 0.05) is 12.3 Å². The van der Waals surface area contributed by atoms with E-state index in [2.05, 4.69) is 4.42 Å². The molecule has 0 aliphatic rings. The van der Waals surface area contributed by atoms with Crippen LogP contribution in [0.5, 0.6) is 0 Å². The van der Waals surface area contributed by atoms with Gasteiger partial charge in [0.15, 0.2) is 9.84 Å². The van der Waals surface area contributed by atoms with Gasteiger partial charge in [0.05, 0.1) is 0 Å². The summed E-state index contributed by atoms with van der Waals surface area (Å²) in [5.41, 5.74) is 0. The fourth-order valence-corrected chi connectivity index (χ4v) is 1.17. The van der Waals surface area contributed by atoms with E-state index in [0.29, 0.717) is 0 Å². The third kappa shape index (κ3) is 1.65. The van der Waals surface area contributed by atoms with Crippen molar-refractivity contribution in [2.45, 2.75) is 4.90 Å². The van der Waals surface area contributed by atoms with Crippen molar-refractivity contribution >= 4 is 15.8 Å². The summed E-state index contributed by atoms with van der Waals surface area (Å²) in [5, 5.41) is 8.38. The minimum atomic E-state index is -3.37. The van der Waals surface area contributed by atoms with E-state index in [1.54, 1.807) is 0 Å². The molecule has 1 aromatic heterocycles. The van der Waals surface area contributed by atoms with Gasteiger partial charge in [-0.2, -0.15) is 0 Å². The number of furan rings is 1. The largest absolute Gasteiger partial charge is 0.475 e. The van der Waals surface area contributed by atoms with Crippen molar-refractivity contribution in [3.8, 4) is 0 Å². The number of rotatable bonds is 2. The van der Waals surface area contributed by atoms with Gasteiger partial charge in [-0.3, -0.25) is 0 Å². The van der Waals surface area contributed by atoms with Crippen LogP contribution < -0.4 is 0 Å². The molecular weight excluding hydrogens is 184 g/mol. The molecule has 0 radical (unpaired) electrons.